The summed E-state index contributed by atoms with van der Waals surface area (Å²) in [6, 6.07) is 12.1. The van der Waals surface area contributed by atoms with Gasteiger partial charge in [0.1, 0.15) is 23.7 Å². The Labute approximate surface area is 115 Å². The van der Waals surface area contributed by atoms with Crippen molar-refractivity contribution >= 4 is 22.6 Å². The molecule has 96 valence electrons. The Kier molecular flexibility index (Phi) is 3.05. The first-order valence-corrected chi connectivity index (χ1v) is 6.18. The van der Waals surface area contributed by atoms with Gasteiger partial charge in [0.15, 0.2) is 0 Å². The minimum Gasteiger partial charge on any atom is -0.508 e. The number of halogens is 1. The molecule has 0 unspecified atom stereocenters. The van der Waals surface area contributed by atoms with Gasteiger partial charge in [-0.3, -0.25) is 0 Å². The van der Waals surface area contributed by atoms with Crippen LogP contribution in [0.2, 0.25) is 5.02 Å². The average molecular weight is 275 g/mol. The van der Waals surface area contributed by atoms with Gasteiger partial charge in [0.2, 0.25) is 0 Å². The molecule has 0 fully saturated rings. The van der Waals surface area contributed by atoms with E-state index in [1.165, 1.54) is 0 Å². The first kappa shape index (κ1) is 11.9. The maximum absolute atomic E-state index is 9.20. The van der Waals surface area contributed by atoms with Gasteiger partial charge in [-0.2, -0.15) is 0 Å². The Bertz CT molecular complexity index is 701. The molecule has 0 amide bonds. The molecule has 0 aliphatic rings. The van der Waals surface area contributed by atoms with Crippen LogP contribution in [-0.4, -0.2) is 5.11 Å². The minimum absolute atomic E-state index is 0.212. The Hall–Kier alpha value is -2.13. The van der Waals surface area contributed by atoms with Crippen LogP contribution < -0.4 is 4.74 Å². The molecule has 3 rings (SSSR count). The van der Waals surface area contributed by atoms with E-state index in [1.807, 2.05) is 18.2 Å². The third-order valence-electron chi connectivity index (χ3n) is 2.86. The van der Waals surface area contributed by atoms with Crippen LogP contribution >= 0.6 is 11.6 Å². The Morgan fingerprint density at radius 2 is 1.89 bits per heavy atom. The lowest BCUT2D eigenvalue weighted by Crippen LogP contribution is -1.94. The predicted molar refractivity (Wildman–Crippen MR) is 73.7 cm³/mol. The predicted octanol–water partition coefficient (Wildman–Crippen LogP) is 4.37. The van der Waals surface area contributed by atoms with E-state index in [-0.39, 0.29) is 5.75 Å². The summed E-state index contributed by atoms with van der Waals surface area (Å²) in [4.78, 5) is 0. The number of benzene rings is 2. The third kappa shape index (κ3) is 2.37. The first-order valence-electron chi connectivity index (χ1n) is 5.80. The van der Waals surface area contributed by atoms with E-state index in [1.54, 1.807) is 30.5 Å². The molecule has 0 aliphatic carbocycles. The molecule has 3 aromatic rings. The Morgan fingerprint density at radius 3 is 2.68 bits per heavy atom. The summed E-state index contributed by atoms with van der Waals surface area (Å²) in [5.74, 6) is 0.892. The highest BCUT2D eigenvalue weighted by atomic mass is 35.5. The highest BCUT2D eigenvalue weighted by molar-refractivity contribution is 6.35. The summed E-state index contributed by atoms with van der Waals surface area (Å²) >= 11 is 6.16. The van der Waals surface area contributed by atoms with Crippen LogP contribution in [0.25, 0.3) is 11.0 Å². The summed E-state index contributed by atoms with van der Waals surface area (Å²) in [6.45, 7) is 0.363. The van der Waals surface area contributed by atoms with Gasteiger partial charge < -0.3 is 14.3 Å². The van der Waals surface area contributed by atoms with E-state index >= 15 is 0 Å². The number of fused-ring (bicyclic) bond motifs is 1. The van der Waals surface area contributed by atoms with Crippen LogP contribution in [0.4, 0.5) is 0 Å². The van der Waals surface area contributed by atoms with Crippen molar-refractivity contribution < 1.29 is 14.3 Å². The third-order valence-corrected chi connectivity index (χ3v) is 3.17. The number of ether oxygens (including phenoxy) is 1. The quantitative estimate of drug-likeness (QED) is 0.771. The molecule has 0 radical (unpaired) electrons. The van der Waals surface area contributed by atoms with E-state index in [0.717, 1.165) is 16.5 Å². The summed E-state index contributed by atoms with van der Waals surface area (Å²) in [5, 5.41) is 10.7. The fraction of sp³-hybridized carbons (Fsp3) is 0.0667. The number of aromatic hydroxyl groups is 1. The van der Waals surface area contributed by atoms with Gasteiger partial charge in [0.05, 0.1) is 11.3 Å². The van der Waals surface area contributed by atoms with Gasteiger partial charge in [0.25, 0.3) is 0 Å². The molecule has 1 aromatic heterocycles. The zero-order valence-electron chi connectivity index (χ0n) is 9.97. The second-order valence-electron chi connectivity index (χ2n) is 4.16. The number of furan rings is 1. The van der Waals surface area contributed by atoms with Gasteiger partial charge in [-0.15, -0.1) is 0 Å². The van der Waals surface area contributed by atoms with Gasteiger partial charge in [-0.05, 0) is 36.4 Å². The topological polar surface area (TPSA) is 42.6 Å². The van der Waals surface area contributed by atoms with Crippen LogP contribution in [-0.2, 0) is 6.61 Å². The van der Waals surface area contributed by atoms with Gasteiger partial charge in [0, 0.05) is 10.9 Å². The number of phenols is 1. The van der Waals surface area contributed by atoms with Crippen molar-refractivity contribution in [2.75, 3.05) is 0 Å². The highest BCUT2D eigenvalue weighted by Gasteiger charge is 2.09. The van der Waals surface area contributed by atoms with E-state index < -0.39 is 0 Å². The second-order valence-corrected chi connectivity index (χ2v) is 4.56. The molecule has 0 saturated carbocycles. The number of hydrogen-bond donors (Lipinski definition) is 1. The lowest BCUT2D eigenvalue weighted by molar-refractivity contribution is 0.305. The monoisotopic (exact) mass is 274 g/mol. The molecule has 1 N–H and O–H groups in total. The molecular formula is C15H11ClO3. The van der Waals surface area contributed by atoms with Gasteiger partial charge >= 0.3 is 0 Å². The maximum atomic E-state index is 9.20. The summed E-state index contributed by atoms with van der Waals surface area (Å²) in [7, 11) is 0. The van der Waals surface area contributed by atoms with E-state index in [4.69, 9.17) is 20.8 Å². The molecule has 0 saturated heterocycles. The molecule has 3 nitrogen and oxygen atoms in total. The lowest BCUT2D eigenvalue weighted by atomic mass is 10.2. The van der Waals surface area contributed by atoms with Crippen molar-refractivity contribution in [2.24, 2.45) is 0 Å². The molecule has 4 heteroatoms. The van der Waals surface area contributed by atoms with Crippen molar-refractivity contribution in [3.8, 4) is 11.5 Å². The van der Waals surface area contributed by atoms with Crippen molar-refractivity contribution in [3.63, 3.8) is 0 Å². The zero-order valence-corrected chi connectivity index (χ0v) is 10.7. The van der Waals surface area contributed by atoms with E-state index in [9.17, 15) is 5.11 Å². The summed E-state index contributed by atoms with van der Waals surface area (Å²) in [6.07, 6.45) is 1.65. The number of rotatable bonds is 3. The molecule has 0 bridgehead atoms. The molecule has 1 heterocycles. The van der Waals surface area contributed by atoms with Gasteiger partial charge in [-0.1, -0.05) is 17.7 Å². The van der Waals surface area contributed by atoms with Crippen molar-refractivity contribution in [3.05, 3.63) is 59.3 Å². The maximum Gasteiger partial charge on any atom is 0.135 e. The van der Waals surface area contributed by atoms with Crippen LogP contribution in [0, 0.1) is 0 Å². The fourth-order valence-electron chi connectivity index (χ4n) is 1.92. The van der Waals surface area contributed by atoms with Crippen LogP contribution in [0.5, 0.6) is 11.5 Å². The normalized spacial score (nSPS) is 10.8. The van der Waals surface area contributed by atoms with Crippen LogP contribution in [0.3, 0.4) is 0 Å². The van der Waals surface area contributed by atoms with Crippen LogP contribution in [0.1, 0.15) is 5.56 Å². The summed E-state index contributed by atoms with van der Waals surface area (Å²) < 4.78 is 11.1. The Morgan fingerprint density at radius 1 is 1.11 bits per heavy atom. The Balaban J connectivity index is 1.84. The number of hydrogen-bond acceptors (Lipinski definition) is 3. The molecule has 0 aliphatic heterocycles. The molecule has 0 atom stereocenters. The van der Waals surface area contributed by atoms with E-state index in [0.29, 0.717) is 17.4 Å². The van der Waals surface area contributed by atoms with Crippen molar-refractivity contribution in [1.29, 1.82) is 0 Å². The van der Waals surface area contributed by atoms with Crippen molar-refractivity contribution in [1.82, 2.24) is 0 Å². The highest BCUT2D eigenvalue weighted by Crippen LogP contribution is 2.29. The molecular weight excluding hydrogens is 264 g/mol. The zero-order chi connectivity index (χ0) is 13.2. The number of phenolic OH excluding ortho intramolecular Hbond substituents is 1. The standard InChI is InChI=1S/C15H11ClO3/c16-13-2-1-3-14-15(13)10(9-19-14)8-18-12-6-4-11(17)5-7-12/h1-7,9,17H,8H2. The lowest BCUT2D eigenvalue weighted by Gasteiger charge is -2.05. The second kappa shape index (κ2) is 4.86. The largest absolute Gasteiger partial charge is 0.508 e. The fourth-order valence-corrected chi connectivity index (χ4v) is 2.20. The van der Waals surface area contributed by atoms with Crippen LogP contribution in [0.15, 0.2) is 53.1 Å². The molecule has 19 heavy (non-hydrogen) atoms. The van der Waals surface area contributed by atoms with E-state index in [2.05, 4.69) is 0 Å². The molecule has 2 aromatic carbocycles. The first-order chi connectivity index (χ1) is 9.24. The summed E-state index contributed by atoms with van der Waals surface area (Å²) in [5.41, 5.74) is 1.64. The van der Waals surface area contributed by atoms with Gasteiger partial charge in [-0.25, -0.2) is 0 Å². The average Bonchev–Trinajstić information content (AvgIpc) is 2.83. The smallest absolute Gasteiger partial charge is 0.135 e. The molecule has 0 spiro atoms. The SMILES string of the molecule is Oc1ccc(OCc2coc3cccc(Cl)c23)cc1. The van der Waals surface area contributed by atoms with Crippen molar-refractivity contribution in [2.45, 2.75) is 6.61 Å². The minimum atomic E-state index is 0.212.